The smallest absolute Gasteiger partial charge is 0.241 e. The second-order valence-electron chi connectivity index (χ2n) is 6.38. The largest absolute Gasteiger partial charge is 0.497 e. The van der Waals surface area contributed by atoms with Crippen LogP contribution in [0.25, 0.3) is 0 Å². The lowest BCUT2D eigenvalue weighted by Crippen LogP contribution is -2.44. The number of methoxy groups -OCH3 is 1. The van der Waals surface area contributed by atoms with E-state index in [1.807, 2.05) is 24.3 Å². The maximum atomic E-state index is 12.6. The van der Waals surface area contributed by atoms with Crippen LogP contribution in [0.1, 0.15) is 26.7 Å². The number of hydrogen-bond donors (Lipinski definition) is 2. The quantitative estimate of drug-likeness (QED) is 0.844. The molecule has 2 rings (SSSR count). The van der Waals surface area contributed by atoms with Gasteiger partial charge in [0.05, 0.1) is 13.2 Å². The minimum absolute atomic E-state index is 0.0499. The molecule has 0 aromatic heterocycles. The van der Waals surface area contributed by atoms with Crippen LogP contribution in [0.4, 0.5) is 5.69 Å². The van der Waals surface area contributed by atoms with Gasteiger partial charge in [0.1, 0.15) is 5.75 Å². The molecule has 22 heavy (non-hydrogen) atoms. The summed E-state index contributed by atoms with van der Waals surface area (Å²) in [5.74, 6) is 0.831. The maximum Gasteiger partial charge on any atom is 0.241 e. The van der Waals surface area contributed by atoms with Crippen molar-refractivity contribution in [2.24, 2.45) is 11.1 Å². The molecule has 5 heteroatoms. The molecule has 0 saturated carbocycles. The summed E-state index contributed by atoms with van der Waals surface area (Å²) in [6.45, 7) is 6.73. The van der Waals surface area contributed by atoms with E-state index in [9.17, 15) is 4.79 Å². The molecule has 0 spiro atoms. The van der Waals surface area contributed by atoms with Crippen LogP contribution in [0.2, 0.25) is 0 Å². The van der Waals surface area contributed by atoms with E-state index in [1.165, 1.54) is 0 Å². The van der Waals surface area contributed by atoms with E-state index in [0.29, 0.717) is 6.54 Å². The average molecular weight is 305 g/mol. The van der Waals surface area contributed by atoms with Gasteiger partial charge < -0.3 is 15.8 Å². The zero-order valence-corrected chi connectivity index (χ0v) is 13.8. The van der Waals surface area contributed by atoms with Gasteiger partial charge in [-0.2, -0.15) is 0 Å². The monoisotopic (exact) mass is 305 g/mol. The van der Waals surface area contributed by atoms with Gasteiger partial charge in [0.25, 0.3) is 0 Å². The molecular weight excluding hydrogens is 278 g/mol. The van der Waals surface area contributed by atoms with Crippen molar-refractivity contribution in [2.75, 3.05) is 32.1 Å². The van der Waals surface area contributed by atoms with Crippen molar-refractivity contribution in [3.63, 3.8) is 0 Å². The predicted molar refractivity (Wildman–Crippen MR) is 89.1 cm³/mol. The number of anilines is 1. The predicted octanol–water partition coefficient (Wildman–Crippen LogP) is 2.08. The van der Waals surface area contributed by atoms with Crippen LogP contribution < -0.4 is 15.8 Å². The summed E-state index contributed by atoms with van der Waals surface area (Å²) < 4.78 is 5.13. The summed E-state index contributed by atoms with van der Waals surface area (Å²) in [7, 11) is 1.63. The number of nitrogens with zero attached hydrogens (tertiary/aromatic N) is 1. The SMILES string of the molecule is CCC(C(=O)Nc1ccc(OC)cc1)N1CCC(C)(CN)C1. The number of carbonyl (C=O) groups is 1. The summed E-state index contributed by atoms with van der Waals surface area (Å²) in [5.41, 5.74) is 6.79. The summed E-state index contributed by atoms with van der Waals surface area (Å²) >= 11 is 0. The fourth-order valence-corrected chi connectivity index (χ4v) is 3.00. The molecular formula is C17H27N3O2. The number of ether oxygens (including phenoxy) is 1. The molecule has 1 heterocycles. The molecule has 0 radical (unpaired) electrons. The molecule has 1 amide bonds. The lowest BCUT2D eigenvalue weighted by atomic mass is 9.90. The van der Waals surface area contributed by atoms with Crippen molar-refractivity contribution in [3.05, 3.63) is 24.3 Å². The molecule has 1 aliphatic rings. The third-order valence-electron chi connectivity index (χ3n) is 4.57. The van der Waals surface area contributed by atoms with Gasteiger partial charge >= 0.3 is 0 Å². The molecule has 1 aromatic rings. The van der Waals surface area contributed by atoms with Crippen LogP contribution in [0.3, 0.4) is 0 Å². The second-order valence-corrected chi connectivity index (χ2v) is 6.38. The molecule has 5 nitrogen and oxygen atoms in total. The highest BCUT2D eigenvalue weighted by Gasteiger charge is 2.37. The molecule has 3 N–H and O–H groups in total. The number of benzene rings is 1. The molecule has 2 atom stereocenters. The summed E-state index contributed by atoms with van der Waals surface area (Å²) in [6.07, 6.45) is 1.85. The first-order valence-electron chi connectivity index (χ1n) is 7.90. The molecule has 2 unspecified atom stereocenters. The summed E-state index contributed by atoms with van der Waals surface area (Å²) in [5, 5.41) is 3.00. The molecule has 0 aliphatic carbocycles. The number of amides is 1. The Morgan fingerprint density at radius 3 is 2.64 bits per heavy atom. The molecule has 1 aromatic carbocycles. The molecule has 122 valence electrons. The third kappa shape index (κ3) is 3.78. The van der Waals surface area contributed by atoms with E-state index in [4.69, 9.17) is 10.5 Å². The summed E-state index contributed by atoms with van der Waals surface area (Å²) in [6, 6.07) is 7.31. The van der Waals surface area contributed by atoms with E-state index in [0.717, 1.165) is 37.4 Å². The lowest BCUT2D eigenvalue weighted by Gasteiger charge is -2.28. The van der Waals surface area contributed by atoms with Gasteiger partial charge in [-0.25, -0.2) is 0 Å². The van der Waals surface area contributed by atoms with Crippen LogP contribution in [0.15, 0.2) is 24.3 Å². The molecule has 1 saturated heterocycles. The van der Waals surface area contributed by atoms with E-state index in [1.54, 1.807) is 7.11 Å². The number of likely N-dealkylation sites (tertiary alicyclic amines) is 1. The number of rotatable bonds is 6. The Kier molecular flexibility index (Phi) is 5.42. The molecule has 1 fully saturated rings. The lowest BCUT2D eigenvalue weighted by molar-refractivity contribution is -0.121. The standard InChI is InChI=1S/C17H27N3O2/c1-4-15(20-10-9-17(2,11-18)12-20)16(21)19-13-5-7-14(22-3)8-6-13/h5-8,15H,4,9-12,18H2,1-3H3,(H,19,21). The van der Waals surface area contributed by atoms with Gasteiger partial charge in [0.2, 0.25) is 5.91 Å². The van der Waals surface area contributed by atoms with Crippen LogP contribution >= 0.6 is 0 Å². The fourth-order valence-electron chi connectivity index (χ4n) is 3.00. The van der Waals surface area contributed by atoms with E-state index in [2.05, 4.69) is 24.1 Å². The van der Waals surface area contributed by atoms with Gasteiger partial charge in [-0.3, -0.25) is 9.69 Å². The van der Waals surface area contributed by atoms with Crippen molar-refractivity contribution in [3.8, 4) is 5.75 Å². The van der Waals surface area contributed by atoms with Crippen molar-refractivity contribution in [2.45, 2.75) is 32.7 Å². The van der Waals surface area contributed by atoms with Crippen molar-refractivity contribution in [1.82, 2.24) is 4.90 Å². The fraction of sp³-hybridized carbons (Fsp3) is 0.588. The van der Waals surface area contributed by atoms with Crippen molar-refractivity contribution < 1.29 is 9.53 Å². The van der Waals surface area contributed by atoms with Crippen LogP contribution in [-0.4, -0.2) is 43.6 Å². The Morgan fingerprint density at radius 1 is 1.45 bits per heavy atom. The summed E-state index contributed by atoms with van der Waals surface area (Å²) in [4.78, 5) is 14.8. The number of nitrogens with one attached hydrogen (secondary N) is 1. The molecule has 1 aliphatic heterocycles. The topological polar surface area (TPSA) is 67.6 Å². The van der Waals surface area contributed by atoms with Gasteiger partial charge in [-0.15, -0.1) is 0 Å². The van der Waals surface area contributed by atoms with E-state index >= 15 is 0 Å². The van der Waals surface area contributed by atoms with Crippen LogP contribution in [0, 0.1) is 5.41 Å². The first-order valence-corrected chi connectivity index (χ1v) is 7.90. The number of nitrogens with two attached hydrogens (primary N) is 1. The number of hydrogen-bond acceptors (Lipinski definition) is 4. The first-order chi connectivity index (χ1) is 10.5. The highest BCUT2D eigenvalue weighted by molar-refractivity contribution is 5.94. The maximum absolute atomic E-state index is 12.6. The third-order valence-corrected chi connectivity index (χ3v) is 4.57. The van der Waals surface area contributed by atoms with E-state index < -0.39 is 0 Å². The average Bonchev–Trinajstić information content (AvgIpc) is 2.92. The zero-order valence-electron chi connectivity index (χ0n) is 13.8. The van der Waals surface area contributed by atoms with Gasteiger partial charge in [0.15, 0.2) is 0 Å². The first kappa shape index (κ1) is 16.8. The molecule has 0 bridgehead atoms. The van der Waals surface area contributed by atoms with Crippen LogP contribution in [0.5, 0.6) is 5.75 Å². The Morgan fingerprint density at radius 2 is 2.14 bits per heavy atom. The second kappa shape index (κ2) is 7.11. The minimum Gasteiger partial charge on any atom is -0.497 e. The van der Waals surface area contributed by atoms with Crippen molar-refractivity contribution in [1.29, 1.82) is 0 Å². The highest BCUT2D eigenvalue weighted by atomic mass is 16.5. The van der Waals surface area contributed by atoms with Crippen LogP contribution in [-0.2, 0) is 4.79 Å². The van der Waals surface area contributed by atoms with E-state index in [-0.39, 0.29) is 17.4 Å². The van der Waals surface area contributed by atoms with Gasteiger partial charge in [-0.05, 0) is 55.6 Å². The zero-order chi connectivity index (χ0) is 16.2. The highest BCUT2D eigenvalue weighted by Crippen LogP contribution is 2.30. The Bertz CT molecular complexity index is 503. The minimum atomic E-state index is -0.101. The number of carbonyl (C=O) groups excluding carboxylic acids is 1. The van der Waals surface area contributed by atoms with Gasteiger partial charge in [0, 0.05) is 12.2 Å². The van der Waals surface area contributed by atoms with Gasteiger partial charge in [-0.1, -0.05) is 13.8 Å². The normalized spacial score (nSPS) is 23.3. The van der Waals surface area contributed by atoms with Crippen molar-refractivity contribution >= 4 is 11.6 Å². The Labute approximate surface area is 132 Å². The Balaban J connectivity index is 1.99. The Hall–Kier alpha value is -1.59.